The van der Waals surface area contributed by atoms with Crippen LogP contribution in [0.5, 0.6) is 0 Å². The van der Waals surface area contributed by atoms with Gasteiger partial charge in [0.25, 0.3) is 0 Å². The molecule has 5 N–H and O–H groups in total. The molecule has 0 aromatic rings. The maximum Gasteiger partial charge on any atom is 0.476 e. The summed E-state index contributed by atoms with van der Waals surface area (Å²) in [6, 6.07) is 0. The van der Waals surface area contributed by atoms with Crippen LogP contribution < -0.4 is 5.73 Å². The first-order valence-electron chi connectivity index (χ1n) is 2.55. The van der Waals surface area contributed by atoms with Gasteiger partial charge >= 0.3 is 15.4 Å². The summed E-state index contributed by atoms with van der Waals surface area (Å²) in [6.07, 6.45) is -0.474. The zero-order chi connectivity index (χ0) is 9.12. The van der Waals surface area contributed by atoms with Crippen LogP contribution in [0.3, 0.4) is 0 Å². The second kappa shape index (κ2) is 5.79. The van der Waals surface area contributed by atoms with E-state index in [9.17, 15) is 9.13 Å². The zero-order valence-electron chi connectivity index (χ0n) is 5.95. The molecule has 0 rings (SSSR count). The fourth-order valence-electron chi connectivity index (χ4n) is 0.370. The molecule has 0 saturated heterocycles. The molecule has 12 heavy (non-hydrogen) atoms. The van der Waals surface area contributed by atoms with E-state index in [4.69, 9.17) is 20.4 Å². The molecule has 1 atom stereocenters. The Kier molecular flexibility index (Phi) is 7.53. The van der Waals surface area contributed by atoms with E-state index < -0.39 is 21.6 Å². The Bertz CT molecular complexity index is 214. The van der Waals surface area contributed by atoms with Crippen molar-refractivity contribution in [1.82, 2.24) is 0 Å². The number of hydrogen-bond acceptors (Lipinski definition) is 4. The van der Waals surface area contributed by atoms with Gasteiger partial charge < -0.3 is 20.4 Å². The van der Waals surface area contributed by atoms with Crippen molar-refractivity contribution >= 4 is 15.4 Å². The Morgan fingerprint density at radius 1 is 1.25 bits per heavy atom. The summed E-state index contributed by atoms with van der Waals surface area (Å²) < 4.78 is 24.2. The molecule has 7 nitrogen and oxygen atoms in total. The van der Waals surface area contributed by atoms with Gasteiger partial charge in [0.05, 0.1) is 6.16 Å². The second-order valence-electron chi connectivity index (χ2n) is 1.72. The Hall–Kier alpha value is 1.14. The molecule has 0 aliphatic rings. The van der Waals surface area contributed by atoms with Crippen molar-refractivity contribution in [1.29, 1.82) is 0 Å². The molecule has 0 aromatic heterocycles. The summed E-state index contributed by atoms with van der Waals surface area (Å²) in [6.45, 7) is -0.173. The first kappa shape index (κ1) is 15.6. The maximum atomic E-state index is 10.6. The van der Waals surface area contributed by atoms with Crippen LogP contribution in [0.1, 0.15) is 0 Å². The van der Waals surface area contributed by atoms with Crippen LogP contribution >= 0.6 is 15.4 Å². The van der Waals surface area contributed by atoms with Crippen LogP contribution in [-0.2, 0) is 39.6 Å². The minimum absolute atomic E-state index is 0. The molecule has 0 spiro atoms. The summed E-state index contributed by atoms with van der Waals surface area (Å²) in [5.41, 5.74) is 4.87. The molecular formula is C2H9NO6P2Zr. The molecule has 1 unspecified atom stereocenters. The van der Waals surface area contributed by atoms with E-state index in [0.717, 1.165) is 0 Å². The number of phosphoric acid groups is 1. The molecule has 0 radical (unpaired) electrons. The SMILES string of the molecule is NCCP(=O)(O)OP(=O)(O)O.[Zr]. The van der Waals surface area contributed by atoms with E-state index in [2.05, 4.69) is 4.31 Å². The standard InChI is InChI=1S/C2H9NO6P2.Zr/c3-1-2-10(4,5)9-11(6,7)8;/h1-3H2,(H,4,5)(H2,6,7,8);. The van der Waals surface area contributed by atoms with Crippen LogP contribution in [0.15, 0.2) is 0 Å². The number of rotatable bonds is 4. The van der Waals surface area contributed by atoms with E-state index >= 15 is 0 Å². The summed E-state index contributed by atoms with van der Waals surface area (Å²) in [5, 5.41) is 0. The predicted molar refractivity (Wildman–Crippen MR) is 36.9 cm³/mol. The van der Waals surface area contributed by atoms with Crippen molar-refractivity contribution in [2.24, 2.45) is 5.73 Å². The third-order valence-corrected chi connectivity index (χ3v) is 3.34. The van der Waals surface area contributed by atoms with Crippen molar-refractivity contribution in [3.63, 3.8) is 0 Å². The van der Waals surface area contributed by atoms with Gasteiger partial charge in [0, 0.05) is 32.7 Å². The Morgan fingerprint density at radius 3 is 1.92 bits per heavy atom. The Labute approximate surface area is 88.2 Å². The van der Waals surface area contributed by atoms with Gasteiger partial charge in [-0.3, -0.25) is 4.57 Å². The number of hydrogen-bond donors (Lipinski definition) is 4. The van der Waals surface area contributed by atoms with Crippen molar-refractivity contribution in [2.45, 2.75) is 0 Å². The van der Waals surface area contributed by atoms with Crippen molar-refractivity contribution in [3.8, 4) is 0 Å². The van der Waals surface area contributed by atoms with Crippen LogP contribution in [0.25, 0.3) is 0 Å². The zero-order valence-corrected chi connectivity index (χ0v) is 10.2. The summed E-state index contributed by atoms with van der Waals surface area (Å²) in [7, 11) is -9.09. The van der Waals surface area contributed by atoms with Crippen molar-refractivity contribution in [3.05, 3.63) is 0 Å². The predicted octanol–water partition coefficient (Wildman–Crippen LogP) is -0.763. The minimum atomic E-state index is -4.89. The summed E-state index contributed by atoms with van der Waals surface area (Å²) in [4.78, 5) is 24.8. The molecule has 72 valence electrons. The minimum Gasteiger partial charge on any atom is -0.330 e. The van der Waals surface area contributed by atoms with Crippen molar-refractivity contribution in [2.75, 3.05) is 12.7 Å². The first-order chi connectivity index (χ1) is 4.77. The summed E-state index contributed by atoms with van der Waals surface area (Å²) >= 11 is 0. The van der Waals surface area contributed by atoms with Gasteiger partial charge in [-0.15, -0.1) is 0 Å². The molecule has 0 aliphatic heterocycles. The molecule has 0 bridgehead atoms. The first-order valence-corrected chi connectivity index (χ1v) is 5.85. The summed E-state index contributed by atoms with van der Waals surface area (Å²) in [5.74, 6) is 0. The van der Waals surface area contributed by atoms with E-state index in [1.54, 1.807) is 0 Å². The van der Waals surface area contributed by atoms with Gasteiger partial charge in [-0.1, -0.05) is 0 Å². The Balaban J connectivity index is 0. The monoisotopic (exact) mass is 295 g/mol. The smallest absolute Gasteiger partial charge is 0.330 e. The van der Waals surface area contributed by atoms with Crippen molar-refractivity contribution < 1.29 is 54.3 Å². The topological polar surface area (TPSA) is 130 Å². The normalized spacial score (nSPS) is 16.3. The quantitative estimate of drug-likeness (QED) is 0.501. The molecule has 0 aliphatic carbocycles. The fourth-order valence-corrected chi connectivity index (χ4v) is 2.35. The second-order valence-corrected chi connectivity index (χ2v) is 5.08. The van der Waals surface area contributed by atoms with Gasteiger partial charge in [0.1, 0.15) is 0 Å². The van der Waals surface area contributed by atoms with E-state index in [1.807, 2.05) is 0 Å². The molecule has 0 fully saturated rings. The van der Waals surface area contributed by atoms with Crippen LogP contribution in [0.4, 0.5) is 0 Å². The molecule has 0 heterocycles. The largest absolute Gasteiger partial charge is 0.476 e. The van der Waals surface area contributed by atoms with E-state index in [0.29, 0.717) is 0 Å². The van der Waals surface area contributed by atoms with Gasteiger partial charge in [-0.25, -0.2) is 8.88 Å². The fraction of sp³-hybridized carbons (Fsp3) is 1.00. The van der Waals surface area contributed by atoms with Crippen LogP contribution in [0.2, 0.25) is 0 Å². The van der Waals surface area contributed by atoms with Gasteiger partial charge in [-0.05, 0) is 0 Å². The molecule has 0 aromatic carbocycles. The maximum absolute atomic E-state index is 10.6. The average molecular weight is 296 g/mol. The van der Waals surface area contributed by atoms with E-state index in [-0.39, 0.29) is 32.7 Å². The van der Waals surface area contributed by atoms with Gasteiger partial charge in [0.2, 0.25) is 0 Å². The third kappa shape index (κ3) is 9.23. The Morgan fingerprint density at radius 2 is 1.67 bits per heavy atom. The molecular weight excluding hydrogens is 287 g/mol. The van der Waals surface area contributed by atoms with Crippen LogP contribution in [0, 0.1) is 0 Å². The van der Waals surface area contributed by atoms with E-state index in [1.165, 1.54) is 0 Å². The van der Waals surface area contributed by atoms with Gasteiger partial charge in [0.15, 0.2) is 0 Å². The van der Waals surface area contributed by atoms with Crippen LogP contribution in [-0.4, -0.2) is 27.4 Å². The molecule has 10 heteroatoms. The van der Waals surface area contributed by atoms with Gasteiger partial charge in [-0.2, -0.15) is 0 Å². The third-order valence-electron chi connectivity index (χ3n) is 0.646. The molecule has 0 amide bonds. The molecule has 0 saturated carbocycles. The number of nitrogens with two attached hydrogens (primary N) is 1. The average Bonchev–Trinajstić information content (AvgIpc) is 1.55.